The van der Waals surface area contributed by atoms with Gasteiger partial charge in [-0.05, 0) is 33.1 Å². The van der Waals surface area contributed by atoms with E-state index >= 15 is 0 Å². The summed E-state index contributed by atoms with van der Waals surface area (Å²) in [6, 6.07) is 0.921. The fraction of sp³-hybridized carbons (Fsp3) is 0.700. The van der Waals surface area contributed by atoms with Gasteiger partial charge in [0.05, 0.1) is 5.69 Å². The minimum Gasteiger partial charge on any atom is -0.359 e. The molecule has 1 saturated carbocycles. The predicted molar refractivity (Wildman–Crippen MR) is 60.8 cm³/mol. The Bertz CT molecular complexity index is 302. The van der Waals surface area contributed by atoms with Crippen molar-refractivity contribution in [2.45, 2.75) is 45.2 Å². The van der Waals surface area contributed by atoms with Gasteiger partial charge >= 0.3 is 0 Å². The predicted octanol–water partition coefficient (Wildman–Crippen LogP) is 2.05. The molecule has 14 heavy (non-hydrogen) atoms. The molecule has 2 rings (SSSR count). The number of nitrogens with zero attached hydrogens (tertiary/aromatic N) is 1. The summed E-state index contributed by atoms with van der Waals surface area (Å²) < 4.78 is 0. The van der Waals surface area contributed by atoms with Crippen LogP contribution in [-0.4, -0.2) is 17.1 Å². The first-order valence-electron chi connectivity index (χ1n) is 5.11. The Hall–Kier alpha value is -0.610. The van der Waals surface area contributed by atoms with Crippen molar-refractivity contribution in [3.63, 3.8) is 0 Å². The van der Waals surface area contributed by atoms with Crippen molar-refractivity contribution in [2.75, 3.05) is 5.32 Å². The molecule has 0 spiro atoms. The molecule has 0 aliphatic heterocycles. The Morgan fingerprint density at radius 3 is 2.71 bits per heavy atom. The first kappa shape index (κ1) is 9.93. The zero-order valence-electron chi connectivity index (χ0n) is 8.71. The van der Waals surface area contributed by atoms with Crippen LogP contribution in [0.3, 0.4) is 0 Å². The Labute approximate surface area is 88.7 Å². The fourth-order valence-corrected chi connectivity index (χ4v) is 2.75. The van der Waals surface area contributed by atoms with E-state index in [1.807, 2.05) is 0 Å². The van der Waals surface area contributed by atoms with Crippen molar-refractivity contribution in [1.82, 2.24) is 4.98 Å². The van der Waals surface area contributed by atoms with Crippen LogP contribution >= 0.6 is 11.3 Å². The number of anilines is 1. The molecule has 1 aromatic rings. The van der Waals surface area contributed by atoms with Crippen molar-refractivity contribution in [3.8, 4) is 0 Å². The Kier molecular flexibility index (Phi) is 2.74. The lowest BCUT2D eigenvalue weighted by Gasteiger charge is -2.10. The molecule has 1 aromatic heterocycles. The van der Waals surface area contributed by atoms with Gasteiger partial charge in [-0.2, -0.15) is 0 Å². The van der Waals surface area contributed by atoms with Crippen molar-refractivity contribution in [1.29, 1.82) is 0 Å². The molecule has 1 fully saturated rings. The summed E-state index contributed by atoms with van der Waals surface area (Å²) in [6.45, 7) is 4.16. The number of hydrogen-bond acceptors (Lipinski definition) is 4. The number of aromatic nitrogens is 1. The zero-order chi connectivity index (χ0) is 10.1. The average Bonchev–Trinajstić information content (AvgIpc) is 2.62. The molecule has 0 radical (unpaired) electrons. The normalized spacial score (nSPS) is 26.8. The molecule has 3 N–H and O–H groups in total. The molecule has 0 bridgehead atoms. The maximum Gasteiger partial charge on any atom is 0.183 e. The smallest absolute Gasteiger partial charge is 0.183 e. The van der Waals surface area contributed by atoms with Crippen LogP contribution in [0.1, 0.15) is 29.8 Å². The molecule has 1 heterocycles. The summed E-state index contributed by atoms with van der Waals surface area (Å²) in [5, 5.41) is 4.52. The molecule has 4 heteroatoms. The third-order valence-corrected chi connectivity index (χ3v) is 3.83. The Morgan fingerprint density at radius 2 is 2.21 bits per heavy atom. The number of thiazole rings is 1. The standard InChI is InChI=1S/C10H17N3S/c1-6-7(2)14-10(12-6)13-9-4-3-8(11)5-9/h8-9H,3-5,11H2,1-2H3,(H,12,13). The van der Waals surface area contributed by atoms with Gasteiger partial charge in [-0.3, -0.25) is 0 Å². The molecular weight excluding hydrogens is 194 g/mol. The van der Waals surface area contributed by atoms with Crippen molar-refractivity contribution in [2.24, 2.45) is 5.73 Å². The van der Waals surface area contributed by atoms with Crippen LogP contribution in [-0.2, 0) is 0 Å². The topological polar surface area (TPSA) is 50.9 Å². The number of nitrogens with one attached hydrogen (secondary N) is 1. The van der Waals surface area contributed by atoms with Crippen LogP contribution in [0.4, 0.5) is 5.13 Å². The van der Waals surface area contributed by atoms with Gasteiger partial charge in [0.25, 0.3) is 0 Å². The van der Waals surface area contributed by atoms with Crippen LogP contribution in [0.2, 0.25) is 0 Å². The zero-order valence-corrected chi connectivity index (χ0v) is 9.53. The second-order valence-corrected chi connectivity index (χ2v) is 5.28. The highest BCUT2D eigenvalue weighted by molar-refractivity contribution is 7.15. The second-order valence-electron chi connectivity index (χ2n) is 4.08. The van der Waals surface area contributed by atoms with E-state index in [2.05, 4.69) is 24.1 Å². The summed E-state index contributed by atoms with van der Waals surface area (Å²) in [7, 11) is 0. The van der Waals surface area contributed by atoms with E-state index in [9.17, 15) is 0 Å². The average molecular weight is 211 g/mol. The quantitative estimate of drug-likeness (QED) is 0.787. The number of aryl methyl sites for hydroxylation is 2. The molecule has 1 aliphatic rings. The van der Waals surface area contributed by atoms with Crippen LogP contribution in [0.25, 0.3) is 0 Å². The number of hydrogen-bond donors (Lipinski definition) is 2. The lowest BCUT2D eigenvalue weighted by Crippen LogP contribution is -2.20. The van der Waals surface area contributed by atoms with Crippen LogP contribution < -0.4 is 11.1 Å². The van der Waals surface area contributed by atoms with Crippen molar-refractivity contribution < 1.29 is 0 Å². The minimum absolute atomic E-state index is 0.384. The first-order valence-corrected chi connectivity index (χ1v) is 5.93. The molecule has 78 valence electrons. The van der Waals surface area contributed by atoms with E-state index in [1.54, 1.807) is 11.3 Å². The summed E-state index contributed by atoms with van der Waals surface area (Å²) in [4.78, 5) is 5.77. The van der Waals surface area contributed by atoms with Gasteiger partial charge in [-0.1, -0.05) is 0 Å². The molecule has 0 amide bonds. The monoisotopic (exact) mass is 211 g/mol. The third-order valence-electron chi connectivity index (χ3n) is 2.83. The SMILES string of the molecule is Cc1nc(NC2CCC(N)C2)sc1C. The van der Waals surface area contributed by atoms with Gasteiger partial charge in [0.1, 0.15) is 0 Å². The first-order chi connectivity index (χ1) is 6.65. The van der Waals surface area contributed by atoms with Gasteiger partial charge in [0.2, 0.25) is 0 Å². The largest absolute Gasteiger partial charge is 0.359 e. The second kappa shape index (κ2) is 3.87. The lowest BCUT2D eigenvalue weighted by molar-refractivity contribution is 0.687. The van der Waals surface area contributed by atoms with E-state index in [0.717, 1.165) is 23.7 Å². The molecular formula is C10H17N3S. The van der Waals surface area contributed by atoms with Crippen LogP contribution in [0.15, 0.2) is 0 Å². The van der Waals surface area contributed by atoms with E-state index in [4.69, 9.17) is 5.73 Å². The highest BCUT2D eigenvalue weighted by Crippen LogP contribution is 2.26. The summed E-state index contributed by atoms with van der Waals surface area (Å²) in [5.74, 6) is 0. The summed E-state index contributed by atoms with van der Waals surface area (Å²) >= 11 is 1.74. The van der Waals surface area contributed by atoms with Gasteiger partial charge in [-0.25, -0.2) is 4.98 Å². The van der Waals surface area contributed by atoms with Gasteiger partial charge < -0.3 is 11.1 Å². The fourth-order valence-electron chi connectivity index (χ4n) is 1.86. The van der Waals surface area contributed by atoms with Crippen molar-refractivity contribution >= 4 is 16.5 Å². The number of rotatable bonds is 2. The van der Waals surface area contributed by atoms with E-state index in [1.165, 1.54) is 11.3 Å². The minimum atomic E-state index is 0.384. The van der Waals surface area contributed by atoms with E-state index < -0.39 is 0 Å². The highest BCUT2D eigenvalue weighted by atomic mass is 32.1. The van der Waals surface area contributed by atoms with Crippen LogP contribution in [0, 0.1) is 13.8 Å². The maximum absolute atomic E-state index is 5.86. The Morgan fingerprint density at radius 1 is 1.43 bits per heavy atom. The van der Waals surface area contributed by atoms with Crippen LogP contribution in [0.5, 0.6) is 0 Å². The lowest BCUT2D eigenvalue weighted by atomic mass is 10.2. The highest BCUT2D eigenvalue weighted by Gasteiger charge is 2.22. The summed E-state index contributed by atoms with van der Waals surface area (Å²) in [5.41, 5.74) is 7.00. The molecule has 2 atom stereocenters. The maximum atomic E-state index is 5.86. The van der Waals surface area contributed by atoms with Gasteiger partial charge in [0.15, 0.2) is 5.13 Å². The van der Waals surface area contributed by atoms with E-state index in [-0.39, 0.29) is 0 Å². The molecule has 1 aliphatic carbocycles. The molecule has 3 nitrogen and oxygen atoms in total. The van der Waals surface area contributed by atoms with Crippen molar-refractivity contribution in [3.05, 3.63) is 10.6 Å². The number of nitrogens with two attached hydrogens (primary N) is 1. The third kappa shape index (κ3) is 2.07. The molecule has 0 aromatic carbocycles. The molecule has 0 saturated heterocycles. The van der Waals surface area contributed by atoms with Gasteiger partial charge in [-0.15, -0.1) is 11.3 Å². The summed E-state index contributed by atoms with van der Waals surface area (Å²) in [6.07, 6.45) is 3.40. The van der Waals surface area contributed by atoms with E-state index in [0.29, 0.717) is 12.1 Å². The Balaban J connectivity index is 1.97. The molecule has 2 unspecified atom stereocenters. The van der Waals surface area contributed by atoms with Gasteiger partial charge in [0, 0.05) is 17.0 Å².